The van der Waals surface area contributed by atoms with E-state index in [1.54, 1.807) is 0 Å². The zero-order valence-electron chi connectivity index (χ0n) is 7.92. The molecule has 0 spiro atoms. The summed E-state index contributed by atoms with van der Waals surface area (Å²) in [6, 6.07) is 6.25. The van der Waals surface area contributed by atoms with Crippen molar-refractivity contribution >= 4 is 0 Å². The molecule has 0 bridgehead atoms. The molecular formula is C11H15O. The van der Waals surface area contributed by atoms with Crippen LogP contribution in [0, 0.1) is 20.3 Å². The number of aryl methyl sites for hydroxylation is 2. The van der Waals surface area contributed by atoms with E-state index in [2.05, 4.69) is 32.0 Å². The average Bonchev–Trinajstić information content (AvgIpc) is 1.99. The van der Waals surface area contributed by atoms with Crippen molar-refractivity contribution in [3.8, 4) is 5.75 Å². The van der Waals surface area contributed by atoms with Crippen LogP contribution in [0.3, 0.4) is 0 Å². The molecule has 1 radical (unpaired) electrons. The predicted octanol–water partition coefficient (Wildman–Crippen LogP) is 2.91. The Hall–Kier alpha value is -0.980. The van der Waals surface area contributed by atoms with Gasteiger partial charge in [0.2, 0.25) is 0 Å². The van der Waals surface area contributed by atoms with E-state index in [1.165, 1.54) is 11.1 Å². The first kappa shape index (κ1) is 9.11. The van der Waals surface area contributed by atoms with E-state index in [9.17, 15) is 0 Å². The Morgan fingerprint density at radius 2 is 1.75 bits per heavy atom. The van der Waals surface area contributed by atoms with Gasteiger partial charge in [0.15, 0.2) is 0 Å². The van der Waals surface area contributed by atoms with Crippen molar-refractivity contribution in [1.82, 2.24) is 0 Å². The fourth-order valence-electron chi connectivity index (χ4n) is 1.20. The largest absolute Gasteiger partial charge is 0.493 e. The Morgan fingerprint density at radius 1 is 1.17 bits per heavy atom. The minimum Gasteiger partial charge on any atom is -0.493 e. The maximum Gasteiger partial charge on any atom is 0.119 e. The van der Waals surface area contributed by atoms with Crippen LogP contribution >= 0.6 is 0 Å². The van der Waals surface area contributed by atoms with Gasteiger partial charge in [-0.05, 0) is 43.5 Å². The standard InChI is InChI=1S/C11H15O/c1-4-5-12-11-7-9(2)6-10(3)8-11/h4,6-8H,5H2,1-3H3. The molecule has 0 aliphatic rings. The third kappa shape index (κ3) is 2.57. The first-order valence-electron chi connectivity index (χ1n) is 4.21. The van der Waals surface area contributed by atoms with Crippen LogP contribution < -0.4 is 4.74 Å². The van der Waals surface area contributed by atoms with E-state index >= 15 is 0 Å². The monoisotopic (exact) mass is 163 g/mol. The topological polar surface area (TPSA) is 9.23 Å². The van der Waals surface area contributed by atoms with E-state index in [0.29, 0.717) is 6.61 Å². The lowest BCUT2D eigenvalue weighted by Gasteiger charge is -2.06. The average molecular weight is 163 g/mol. The molecule has 1 nitrogen and oxygen atoms in total. The molecule has 0 N–H and O–H groups in total. The molecule has 1 aromatic rings. The van der Waals surface area contributed by atoms with Crippen LogP contribution in [0.25, 0.3) is 0 Å². The highest BCUT2D eigenvalue weighted by Crippen LogP contribution is 2.15. The quantitative estimate of drug-likeness (QED) is 0.665. The highest BCUT2D eigenvalue weighted by atomic mass is 16.5. The summed E-state index contributed by atoms with van der Waals surface area (Å²) in [5, 5.41) is 0. The van der Waals surface area contributed by atoms with Crippen LogP contribution in [0.1, 0.15) is 18.1 Å². The smallest absolute Gasteiger partial charge is 0.119 e. The number of hydrogen-bond acceptors (Lipinski definition) is 1. The van der Waals surface area contributed by atoms with Crippen LogP contribution in [-0.2, 0) is 0 Å². The van der Waals surface area contributed by atoms with Gasteiger partial charge in [0, 0.05) is 0 Å². The van der Waals surface area contributed by atoms with E-state index in [4.69, 9.17) is 4.74 Å². The zero-order valence-corrected chi connectivity index (χ0v) is 7.92. The van der Waals surface area contributed by atoms with Gasteiger partial charge in [-0.3, -0.25) is 0 Å². The van der Waals surface area contributed by atoms with E-state index in [1.807, 2.05) is 13.3 Å². The summed E-state index contributed by atoms with van der Waals surface area (Å²) in [4.78, 5) is 0. The van der Waals surface area contributed by atoms with Gasteiger partial charge in [0.1, 0.15) is 5.75 Å². The van der Waals surface area contributed by atoms with Crippen LogP contribution in [0.2, 0.25) is 0 Å². The Kier molecular flexibility index (Phi) is 3.15. The molecule has 0 fully saturated rings. The highest BCUT2D eigenvalue weighted by Gasteiger charge is 1.94. The molecule has 0 saturated heterocycles. The summed E-state index contributed by atoms with van der Waals surface area (Å²) >= 11 is 0. The van der Waals surface area contributed by atoms with Crippen molar-refractivity contribution in [2.24, 2.45) is 0 Å². The molecule has 0 atom stereocenters. The summed E-state index contributed by atoms with van der Waals surface area (Å²) < 4.78 is 5.46. The molecule has 0 saturated carbocycles. The van der Waals surface area contributed by atoms with Gasteiger partial charge in [-0.1, -0.05) is 13.0 Å². The lowest BCUT2D eigenvalue weighted by molar-refractivity contribution is 0.349. The molecular weight excluding hydrogens is 148 g/mol. The van der Waals surface area contributed by atoms with E-state index in [0.717, 1.165) is 5.75 Å². The van der Waals surface area contributed by atoms with Crippen molar-refractivity contribution < 1.29 is 4.74 Å². The van der Waals surface area contributed by atoms with Crippen molar-refractivity contribution in [3.05, 3.63) is 35.7 Å². The molecule has 0 heterocycles. The minimum atomic E-state index is 0.683. The summed E-state index contributed by atoms with van der Waals surface area (Å²) in [5.74, 6) is 0.964. The molecule has 12 heavy (non-hydrogen) atoms. The van der Waals surface area contributed by atoms with Crippen molar-refractivity contribution in [2.45, 2.75) is 20.8 Å². The number of hydrogen-bond donors (Lipinski definition) is 0. The fraction of sp³-hybridized carbons (Fsp3) is 0.364. The van der Waals surface area contributed by atoms with E-state index < -0.39 is 0 Å². The van der Waals surface area contributed by atoms with Gasteiger partial charge in [0.05, 0.1) is 6.61 Å². The molecule has 0 aromatic heterocycles. The van der Waals surface area contributed by atoms with Crippen molar-refractivity contribution in [1.29, 1.82) is 0 Å². The van der Waals surface area contributed by atoms with Crippen LogP contribution in [0.5, 0.6) is 5.75 Å². The molecule has 1 rings (SSSR count). The minimum absolute atomic E-state index is 0.683. The number of ether oxygens (including phenoxy) is 1. The van der Waals surface area contributed by atoms with E-state index in [-0.39, 0.29) is 0 Å². The van der Waals surface area contributed by atoms with Gasteiger partial charge in [-0.25, -0.2) is 0 Å². The van der Waals surface area contributed by atoms with Gasteiger partial charge in [-0.15, -0.1) is 0 Å². The van der Waals surface area contributed by atoms with Crippen molar-refractivity contribution in [2.75, 3.05) is 6.61 Å². The lowest BCUT2D eigenvalue weighted by atomic mass is 10.1. The van der Waals surface area contributed by atoms with Crippen molar-refractivity contribution in [3.63, 3.8) is 0 Å². The lowest BCUT2D eigenvalue weighted by Crippen LogP contribution is -1.96. The second-order valence-electron chi connectivity index (χ2n) is 3.04. The van der Waals surface area contributed by atoms with Gasteiger partial charge in [-0.2, -0.15) is 0 Å². The van der Waals surface area contributed by atoms with Gasteiger partial charge >= 0.3 is 0 Å². The van der Waals surface area contributed by atoms with Crippen LogP contribution in [0.15, 0.2) is 18.2 Å². The Bertz CT molecular complexity index is 233. The maximum absolute atomic E-state index is 5.46. The van der Waals surface area contributed by atoms with Gasteiger partial charge in [0.25, 0.3) is 0 Å². The maximum atomic E-state index is 5.46. The fourth-order valence-corrected chi connectivity index (χ4v) is 1.20. The Balaban J connectivity index is 2.72. The summed E-state index contributed by atoms with van der Waals surface area (Å²) in [7, 11) is 0. The molecule has 1 heteroatoms. The Labute approximate surface area is 74.4 Å². The molecule has 65 valence electrons. The van der Waals surface area contributed by atoms with Gasteiger partial charge < -0.3 is 4.74 Å². The first-order chi connectivity index (χ1) is 5.72. The molecule has 1 aromatic carbocycles. The Morgan fingerprint density at radius 3 is 2.25 bits per heavy atom. The SMILES string of the molecule is C[CH]COc1cc(C)cc(C)c1. The number of benzene rings is 1. The summed E-state index contributed by atoms with van der Waals surface area (Å²) in [6.07, 6.45) is 2.00. The number of rotatable bonds is 3. The third-order valence-corrected chi connectivity index (χ3v) is 1.61. The molecule has 0 unspecified atom stereocenters. The zero-order chi connectivity index (χ0) is 8.97. The summed E-state index contributed by atoms with van der Waals surface area (Å²) in [6.45, 7) is 6.83. The molecule has 0 aliphatic carbocycles. The second-order valence-corrected chi connectivity index (χ2v) is 3.04. The highest BCUT2D eigenvalue weighted by molar-refractivity contribution is 5.32. The summed E-state index contributed by atoms with van der Waals surface area (Å²) in [5.41, 5.74) is 2.50. The predicted molar refractivity (Wildman–Crippen MR) is 51.4 cm³/mol. The normalized spacial score (nSPS) is 9.92. The molecule has 0 amide bonds. The van der Waals surface area contributed by atoms with Crippen LogP contribution in [-0.4, -0.2) is 6.61 Å². The molecule has 0 aliphatic heterocycles. The second kappa shape index (κ2) is 4.15. The first-order valence-corrected chi connectivity index (χ1v) is 4.21. The third-order valence-electron chi connectivity index (χ3n) is 1.61. The van der Waals surface area contributed by atoms with Crippen LogP contribution in [0.4, 0.5) is 0 Å².